The first-order valence-corrected chi connectivity index (χ1v) is 12.2. The molecule has 7 nitrogen and oxygen atoms in total. The Labute approximate surface area is 215 Å². The van der Waals surface area contributed by atoms with Gasteiger partial charge in [0.15, 0.2) is 16.6 Å². The van der Waals surface area contributed by atoms with E-state index >= 15 is 0 Å². The van der Waals surface area contributed by atoms with Gasteiger partial charge in [-0.05, 0) is 61.4 Å². The standard InChI is InChI=1S/C27H21ClN2O5S/c1-13-4-5-14(2)17(10-13)24(32)22-23(15-6-9-19(31)20(11-15)35-3)30(26(34)25(22)33)27-29-18-8-7-16(28)12-21(18)36-27/h4-12,23,31-32H,1-3H3. The zero-order valence-electron chi connectivity index (χ0n) is 19.6. The summed E-state index contributed by atoms with van der Waals surface area (Å²) >= 11 is 7.35. The number of halogens is 1. The molecule has 0 saturated carbocycles. The molecule has 0 radical (unpaired) electrons. The van der Waals surface area contributed by atoms with Gasteiger partial charge in [-0.2, -0.15) is 0 Å². The van der Waals surface area contributed by atoms with Crippen LogP contribution in [-0.2, 0) is 9.59 Å². The van der Waals surface area contributed by atoms with E-state index in [0.29, 0.717) is 21.7 Å². The number of hydrogen-bond donors (Lipinski definition) is 2. The van der Waals surface area contributed by atoms with Crippen molar-refractivity contribution in [2.75, 3.05) is 12.0 Å². The average molecular weight is 521 g/mol. The SMILES string of the molecule is COc1cc(C2C(=C(O)c3cc(C)ccc3C)C(=O)C(=O)N2c2nc3ccc(Cl)cc3s2)ccc1O. The van der Waals surface area contributed by atoms with Crippen molar-refractivity contribution >= 4 is 55.7 Å². The number of methoxy groups -OCH3 is 1. The molecule has 1 aliphatic heterocycles. The van der Waals surface area contributed by atoms with Crippen LogP contribution >= 0.6 is 22.9 Å². The van der Waals surface area contributed by atoms with Gasteiger partial charge in [-0.15, -0.1) is 0 Å². The molecule has 36 heavy (non-hydrogen) atoms. The minimum absolute atomic E-state index is 0.0706. The molecule has 1 unspecified atom stereocenters. The van der Waals surface area contributed by atoms with Crippen molar-refractivity contribution in [3.05, 3.63) is 87.4 Å². The maximum atomic E-state index is 13.4. The smallest absolute Gasteiger partial charge is 0.301 e. The summed E-state index contributed by atoms with van der Waals surface area (Å²) in [6.45, 7) is 3.70. The Morgan fingerprint density at radius 3 is 2.61 bits per heavy atom. The summed E-state index contributed by atoms with van der Waals surface area (Å²) < 4.78 is 6.02. The maximum absolute atomic E-state index is 13.4. The van der Waals surface area contributed by atoms with Gasteiger partial charge in [0.2, 0.25) is 0 Å². The van der Waals surface area contributed by atoms with Crippen molar-refractivity contribution in [3.63, 3.8) is 0 Å². The molecule has 182 valence electrons. The number of aromatic nitrogens is 1. The van der Waals surface area contributed by atoms with Crippen LogP contribution in [0.1, 0.15) is 28.3 Å². The molecule has 1 fully saturated rings. The number of aromatic hydroxyl groups is 1. The number of hydrogen-bond acceptors (Lipinski definition) is 7. The van der Waals surface area contributed by atoms with Crippen LogP contribution in [0, 0.1) is 13.8 Å². The van der Waals surface area contributed by atoms with Crippen LogP contribution in [0.3, 0.4) is 0 Å². The number of phenols is 1. The molecule has 0 spiro atoms. The van der Waals surface area contributed by atoms with Crippen molar-refractivity contribution in [1.82, 2.24) is 4.98 Å². The Kier molecular flexibility index (Phi) is 5.94. The summed E-state index contributed by atoms with van der Waals surface area (Å²) in [5.41, 5.74) is 3.12. The summed E-state index contributed by atoms with van der Waals surface area (Å²) in [6, 6.07) is 14.2. The molecule has 9 heteroatoms. The lowest BCUT2D eigenvalue weighted by atomic mass is 9.93. The number of phenolic OH excluding ortho intramolecular Hbond substituents is 1. The minimum atomic E-state index is -1.00. The molecule has 2 N–H and O–H groups in total. The number of ketones is 1. The van der Waals surface area contributed by atoms with Gasteiger partial charge in [-0.3, -0.25) is 14.5 Å². The van der Waals surface area contributed by atoms with Gasteiger partial charge in [0.05, 0.1) is 28.9 Å². The van der Waals surface area contributed by atoms with E-state index < -0.39 is 17.7 Å². The predicted molar refractivity (Wildman–Crippen MR) is 140 cm³/mol. The topological polar surface area (TPSA) is 100.0 Å². The van der Waals surface area contributed by atoms with Gasteiger partial charge in [0.25, 0.3) is 5.78 Å². The molecular formula is C27H21ClN2O5S. The number of anilines is 1. The van der Waals surface area contributed by atoms with Gasteiger partial charge >= 0.3 is 5.91 Å². The van der Waals surface area contributed by atoms with Crippen LogP contribution in [0.25, 0.3) is 16.0 Å². The fourth-order valence-electron chi connectivity index (χ4n) is 4.33. The number of amides is 1. The summed E-state index contributed by atoms with van der Waals surface area (Å²) in [5.74, 6) is -1.85. The molecule has 3 aromatic carbocycles. The lowest BCUT2D eigenvalue weighted by Crippen LogP contribution is -2.29. The van der Waals surface area contributed by atoms with E-state index in [0.717, 1.165) is 15.8 Å². The Balaban J connectivity index is 1.78. The van der Waals surface area contributed by atoms with Crippen LogP contribution in [0.5, 0.6) is 11.5 Å². The number of ether oxygens (including phenoxy) is 1. The molecule has 2 heterocycles. The molecule has 1 saturated heterocycles. The van der Waals surface area contributed by atoms with Crippen LogP contribution in [-0.4, -0.2) is 34.0 Å². The number of fused-ring (bicyclic) bond motifs is 1. The zero-order valence-corrected chi connectivity index (χ0v) is 21.1. The van der Waals surface area contributed by atoms with E-state index in [2.05, 4.69) is 4.98 Å². The van der Waals surface area contributed by atoms with Gasteiger partial charge in [-0.1, -0.05) is 46.7 Å². The second-order valence-corrected chi connectivity index (χ2v) is 9.97. The maximum Gasteiger partial charge on any atom is 0.301 e. The van der Waals surface area contributed by atoms with Crippen molar-refractivity contribution in [1.29, 1.82) is 0 Å². The van der Waals surface area contributed by atoms with E-state index in [1.54, 1.807) is 36.4 Å². The van der Waals surface area contributed by atoms with E-state index in [4.69, 9.17) is 16.3 Å². The highest BCUT2D eigenvalue weighted by Gasteiger charge is 2.48. The molecule has 0 bridgehead atoms. The van der Waals surface area contributed by atoms with Gasteiger partial charge in [-0.25, -0.2) is 4.98 Å². The highest BCUT2D eigenvalue weighted by Crippen LogP contribution is 2.46. The molecule has 1 aliphatic rings. The lowest BCUT2D eigenvalue weighted by molar-refractivity contribution is -0.132. The fraction of sp³-hybridized carbons (Fsp3) is 0.148. The predicted octanol–water partition coefficient (Wildman–Crippen LogP) is 5.91. The zero-order chi connectivity index (χ0) is 25.7. The number of nitrogens with zero attached hydrogens (tertiary/aromatic N) is 2. The molecule has 1 aromatic heterocycles. The number of aliphatic hydroxyl groups is 1. The largest absolute Gasteiger partial charge is 0.507 e. The first kappa shape index (κ1) is 23.8. The van der Waals surface area contributed by atoms with Crippen LogP contribution < -0.4 is 9.64 Å². The van der Waals surface area contributed by atoms with Crippen LogP contribution in [0.15, 0.2) is 60.2 Å². The number of carbonyl (C=O) groups is 2. The molecular weight excluding hydrogens is 500 g/mol. The van der Waals surface area contributed by atoms with Crippen molar-refractivity contribution in [2.45, 2.75) is 19.9 Å². The fourth-order valence-corrected chi connectivity index (χ4v) is 5.60. The minimum Gasteiger partial charge on any atom is -0.507 e. The molecule has 1 amide bonds. The Bertz CT molecular complexity index is 1590. The van der Waals surface area contributed by atoms with Crippen LogP contribution in [0.2, 0.25) is 5.02 Å². The second-order valence-electron chi connectivity index (χ2n) is 8.53. The quantitative estimate of drug-likeness (QED) is 0.197. The third-order valence-electron chi connectivity index (χ3n) is 6.16. The van der Waals surface area contributed by atoms with E-state index in [1.165, 1.54) is 29.4 Å². The van der Waals surface area contributed by atoms with Gasteiger partial charge in [0.1, 0.15) is 5.76 Å². The second kappa shape index (κ2) is 8.96. The Morgan fingerprint density at radius 2 is 1.86 bits per heavy atom. The first-order valence-electron chi connectivity index (χ1n) is 11.0. The number of carbonyl (C=O) groups excluding carboxylic acids is 2. The van der Waals surface area contributed by atoms with Crippen LogP contribution in [0.4, 0.5) is 5.13 Å². The third-order valence-corrected chi connectivity index (χ3v) is 7.41. The number of aryl methyl sites for hydroxylation is 2. The average Bonchev–Trinajstić information content (AvgIpc) is 3.38. The Hall–Kier alpha value is -3.88. The number of thiazole rings is 1. The highest BCUT2D eigenvalue weighted by atomic mass is 35.5. The van der Waals surface area contributed by atoms with E-state index in [9.17, 15) is 19.8 Å². The first-order chi connectivity index (χ1) is 17.2. The summed E-state index contributed by atoms with van der Waals surface area (Å²) in [4.78, 5) is 32.7. The lowest BCUT2D eigenvalue weighted by Gasteiger charge is -2.23. The summed E-state index contributed by atoms with van der Waals surface area (Å²) in [7, 11) is 1.41. The van der Waals surface area contributed by atoms with Gasteiger partial charge in [0, 0.05) is 10.6 Å². The van der Waals surface area contributed by atoms with Crippen molar-refractivity contribution < 1.29 is 24.5 Å². The number of aliphatic hydroxyl groups excluding tert-OH is 1. The monoisotopic (exact) mass is 520 g/mol. The Morgan fingerprint density at radius 1 is 1.08 bits per heavy atom. The van der Waals surface area contributed by atoms with Crippen molar-refractivity contribution in [2.24, 2.45) is 0 Å². The molecule has 4 aromatic rings. The van der Waals surface area contributed by atoms with Gasteiger partial charge < -0.3 is 14.9 Å². The molecule has 0 aliphatic carbocycles. The summed E-state index contributed by atoms with van der Waals surface area (Å²) in [6.07, 6.45) is 0. The molecule has 1 atom stereocenters. The van der Waals surface area contributed by atoms with Crippen molar-refractivity contribution in [3.8, 4) is 11.5 Å². The van der Waals surface area contributed by atoms with E-state index in [-0.39, 0.29) is 28.0 Å². The number of benzene rings is 3. The van der Waals surface area contributed by atoms with E-state index in [1.807, 2.05) is 26.0 Å². The third kappa shape index (κ3) is 3.88. The molecule has 5 rings (SSSR count). The normalized spacial score (nSPS) is 17.2. The number of rotatable bonds is 4. The number of Topliss-reactive ketones (excluding diaryl/α,β-unsaturated/α-hetero) is 1. The summed E-state index contributed by atoms with van der Waals surface area (Å²) in [5, 5.41) is 22.4. The highest BCUT2D eigenvalue weighted by molar-refractivity contribution is 7.22.